The van der Waals surface area contributed by atoms with Crippen LogP contribution in [-0.2, 0) is 20.0 Å². The van der Waals surface area contributed by atoms with Crippen LogP contribution in [0.3, 0.4) is 0 Å². The van der Waals surface area contributed by atoms with Crippen LogP contribution in [0.15, 0.2) is 65.6 Å². The Kier molecular flexibility index (Phi) is 7.45. The van der Waals surface area contributed by atoms with Gasteiger partial charge < -0.3 is 5.32 Å². The summed E-state index contributed by atoms with van der Waals surface area (Å²) in [5, 5.41) is 3.23. The molecule has 0 saturated carbocycles. The Hall–Kier alpha value is -2.50. The maximum absolute atomic E-state index is 12.6. The molecule has 0 aliphatic carbocycles. The smallest absolute Gasteiger partial charge is 0.261 e. The second-order valence-electron chi connectivity index (χ2n) is 6.81. The van der Waals surface area contributed by atoms with Gasteiger partial charge in [0.15, 0.2) is 0 Å². The van der Waals surface area contributed by atoms with Gasteiger partial charge in [-0.2, -0.15) is 0 Å². The predicted molar refractivity (Wildman–Crippen MR) is 132 cm³/mol. The number of hydrogen-bond acceptors (Lipinski definition) is 5. The quantitative estimate of drug-likeness (QED) is 0.380. The molecule has 0 radical (unpaired) electrons. The van der Waals surface area contributed by atoms with Crippen molar-refractivity contribution in [2.75, 3.05) is 21.0 Å². The van der Waals surface area contributed by atoms with E-state index in [1.165, 1.54) is 60.7 Å². The van der Waals surface area contributed by atoms with Gasteiger partial charge in [-0.1, -0.05) is 34.8 Å². The molecule has 0 unspecified atom stereocenters. The highest BCUT2D eigenvalue weighted by Crippen LogP contribution is 2.26. The molecular formula is C20H16Cl3N3O5S2. The standard InChI is InChI=1S/C20H16Cl3N3O5S2/c1-32(28,29)25-15-4-7-19(23)18(11-15)20(27)24-14-2-5-17(6-3-14)33(30,31)26-16-9-12(21)8-13(22)10-16/h2-11,25-26H,1H3,(H,24,27). The first-order valence-corrected chi connectivity index (χ1v) is 13.5. The molecule has 33 heavy (non-hydrogen) atoms. The van der Waals surface area contributed by atoms with Gasteiger partial charge in [-0.05, 0) is 60.7 Å². The molecule has 0 aromatic heterocycles. The third-order valence-corrected chi connectivity index (χ3v) is 6.82. The van der Waals surface area contributed by atoms with Crippen molar-refractivity contribution in [2.45, 2.75) is 4.90 Å². The number of anilines is 3. The van der Waals surface area contributed by atoms with Crippen molar-refractivity contribution in [2.24, 2.45) is 0 Å². The van der Waals surface area contributed by atoms with Crippen molar-refractivity contribution in [3.63, 3.8) is 0 Å². The van der Waals surface area contributed by atoms with Crippen LogP contribution < -0.4 is 14.8 Å². The van der Waals surface area contributed by atoms with E-state index in [1.807, 2.05) is 0 Å². The molecule has 8 nitrogen and oxygen atoms in total. The Balaban J connectivity index is 1.76. The summed E-state index contributed by atoms with van der Waals surface area (Å²) in [7, 11) is -7.48. The molecule has 3 N–H and O–H groups in total. The normalized spacial score (nSPS) is 11.6. The first-order valence-electron chi connectivity index (χ1n) is 9.00. The van der Waals surface area contributed by atoms with Crippen LogP contribution in [0.25, 0.3) is 0 Å². The van der Waals surface area contributed by atoms with Gasteiger partial charge in [-0.25, -0.2) is 16.8 Å². The van der Waals surface area contributed by atoms with Crippen molar-refractivity contribution >= 4 is 77.8 Å². The molecule has 0 spiro atoms. The van der Waals surface area contributed by atoms with E-state index >= 15 is 0 Å². The lowest BCUT2D eigenvalue weighted by Crippen LogP contribution is -2.15. The molecule has 0 heterocycles. The number of sulfonamides is 2. The summed E-state index contributed by atoms with van der Waals surface area (Å²) < 4.78 is 52.7. The maximum atomic E-state index is 12.6. The van der Waals surface area contributed by atoms with E-state index in [0.717, 1.165) is 6.26 Å². The molecule has 0 aliphatic heterocycles. The lowest BCUT2D eigenvalue weighted by Gasteiger charge is -2.11. The highest BCUT2D eigenvalue weighted by atomic mass is 35.5. The van der Waals surface area contributed by atoms with E-state index in [9.17, 15) is 21.6 Å². The van der Waals surface area contributed by atoms with Crippen molar-refractivity contribution in [3.05, 3.63) is 81.3 Å². The Labute approximate surface area is 206 Å². The van der Waals surface area contributed by atoms with Crippen molar-refractivity contribution in [3.8, 4) is 0 Å². The minimum absolute atomic E-state index is 0.0292. The lowest BCUT2D eigenvalue weighted by atomic mass is 10.2. The number of nitrogens with one attached hydrogen (secondary N) is 3. The summed E-state index contributed by atoms with van der Waals surface area (Å²) in [5.41, 5.74) is 0.687. The first kappa shape index (κ1) is 25.1. The summed E-state index contributed by atoms with van der Waals surface area (Å²) in [6.07, 6.45) is 0.979. The highest BCUT2D eigenvalue weighted by molar-refractivity contribution is 7.92. The number of benzene rings is 3. The monoisotopic (exact) mass is 547 g/mol. The number of amides is 1. The van der Waals surface area contributed by atoms with E-state index in [2.05, 4.69) is 14.8 Å². The van der Waals surface area contributed by atoms with Gasteiger partial charge >= 0.3 is 0 Å². The van der Waals surface area contributed by atoms with E-state index in [4.69, 9.17) is 34.8 Å². The Morgan fingerprint density at radius 1 is 0.727 bits per heavy atom. The highest BCUT2D eigenvalue weighted by Gasteiger charge is 2.17. The molecule has 0 atom stereocenters. The fourth-order valence-electron chi connectivity index (χ4n) is 2.72. The maximum Gasteiger partial charge on any atom is 0.261 e. The van der Waals surface area contributed by atoms with Crippen LogP contribution in [0.2, 0.25) is 15.1 Å². The minimum atomic E-state index is -3.94. The minimum Gasteiger partial charge on any atom is -0.322 e. The van der Waals surface area contributed by atoms with Gasteiger partial charge in [-0.15, -0.1) is 0 Å². The van der Waals surface area contributed by atoms with Crippen molar-refractivity contribution < 1.29 is 21.6 Å². The molecule has 0 bridgehead atoms. The summed E-state index contributed by atoms with van der Waals surface area (Å²) in [6, 6.07) is 13.8. The fourth-order valence-corrected chi connectivity index (χ4v) is 5.04. The molecule has 0 fully saturated rings. The summed E-state index contributed by atoms with van der Waals surface area (Å²) in [6.45, 7) is 0. The number of halogens is 3. The van der Waals surface area contributed by atoms with Crippen LogP contribution in [0.5, 0.6) is 0 Å². The number of carbonyl (C=O) groups excluding carboxylic acids is 1. The second kappa shape index (κ2) is 9.78. The molecule has 3 rings (SSSR count). The molecule has 3 aromatic carbocycles. The van der Waals surface area contributed by atoms with Gasteiger partial charge in [0.1, 0.15) is 0 Å². The van der Waals surface area contributed by atoms with Crippen LogP contribution in [-0.4, -0.2) is 29.0 Å². The zero-order chi connectivity index (χ0) is 24.4. The number of rotatable bonds is 7. The molecule has 3 aromatic rings. The topological polar surface area (TPSA) is 121 Å². The largest absolute Gasteiger partial charge is 0.322 e. The average Bonchev–Trinajstić information content (AvgIpc) is 2.67. The molecule has 1 amide bonds. The summed E-state index contributed by atoms with van der Waals surface area (Å²) >= 11 is 17.9. The summed E-state index contributed by atoms with van der Waals surface area (Å²) in [5.74, 6) is -0.612. The zero-order valence-corrected chi connectivity index (χ0v) is 20.7. The van der Waals surface area contributed by atoms with Gasteiger partial charge in [0.25, 0.3) is 15.9 Å². The third kappa shape index (κ3) is 6.99. The van der Waals surface area contributed by atoms with Gasteiger partial charge in [0, 0.05) is 21.4 Å². The van der Waals surface area contributed by atoms with Gasteiger partial charge in [0.05, 0.1) is 27.4 Å². The van der Waals surface area contributed by atoms with E-state index in [1.54, 1.807) is 0 Å². The molecular weight excluding hydrogens is 533 g/mol. The Morgan fingerprint density at radius 2 is 1.30 bits per heavy atom. The Morgan fingerprint density at radius 3 is 1.88 bits per heavy atom. The van der Waals surface area contributed by atoms with Gasteiger partial charge in [-0.3, -0.25) is 14.2 Å². The number of hydrogen-bond donors (Lipinski definition) is 3. The van der Waals surface area contributed by atoms with Crippen LogP contribution in [0, 0.1) is 0 Å². The van der Waals surface area contributed by atoms with E-state index in [-0.39, 0.29) is 36.9 Å². The molecule has 13 heteroatoms. The van der Waals surface area contributed by atoms with E-state index in [0.29, 0.717) is 5.69 Å². The zero-order valence-electron chi connectivity index (χ0n) is 16.8. The van der Waals surface area contributed by atoms with Crippen LogP contribution in [0.1, 0.15) is 10.4 Å². The molecule has 0 aliphatic rings. The predicted octanol–water partition coefficient (Wildman–Crippen LogP) is 5.07. The van der Waals surface area contributed by atoms with Crippen LogP contribution >= 0.6 is 34.8 Å². The SMILES string of the molecule is CS(=O)(=O)Nc1ccc(Cl)c(C(=O)Nc2ccc(S(=O)(=O)Nc3cc(Cl)cc(Cl)c3)cc2)c1. The van der Waals surface area contributed by atoms with Gasteiger partial charge in [0.2, 0.25) is 10.0 Å². The van der Waals surface area contributed by atoms with Crippen LogP contribution in [0.4, 0.5) is 17.1 Å². The van der Waals surface area contributed by atoms with Crippen molar-refractivity contribution in [1.29, 1.82) is 0 Å². The third-order valence-electron chi connectivity index (χ3n) is 4.05. The summed E-state index contributed by atoms with van der Waals surface area (Å²) in [4.78, 5) is 12.6. The average molecular weight is 549 g/mol. The molecule has 174 valence electrons. The molecule has 0 saturated heterocycles. The number of carbonyl (C=O) groups is 1. The second-order valence-corrected chi connectivity index (χ2v) is 11.5. The fraction of sp³-hybridized carbons (Fsp3) is 0.0500. The Bertz CT molecular complexity index is 1410. The lowest BCUT2D eigenvalue weighted by molar-refractivity contribution is 0.102. The first-order chi connectivity index (χ1) is 15.3. The van der Waals surface area contributed by atoms with Crippen molar-refractivity contribution in [1.82, 2.24) is 0 Å². The van der Waals surface area contributed by atoms with E-state index < -0.39 is 26.0 Å².